The van der Waals surface area contributed by atoms with Gasteiger partial charge in [0, 0.05) is 35.5 Å². The average molecular weight is 446 g/mol. The summed E-state index contributed by atoms with van der Waals surface area (Å²) in [5.41, 5.74) is 2.99. The van der Waals surface area contributed by atoms with Gasteiger partial charge in [-0.3, -0.25) is 9.89 Å². The zero-order chi connectivity index (χ0) is 22.5. The van der Waals surface area contributed by atoms with Gasteiger partial charge in [-0.05, 0) is 49.2 Å². The minimum atomic E-state index is -3.83. The number of carbonyl (C=O) groups is 1. The molecule has 0 radical (unpaired) electrons. The molecule has 2 N–H and O–H groups in total. The molecule has 0 saturated heterocycles. The van der Waals surface area contributed by atoms with Crippen LogP contribution in [0.4, 0.5) is 5.82 Å². The molecule has 4 aromatic rings. The summed E-state index contributed by atoms with van der Waals surface area (Å²) in [6, 6.07) is 9.83. The second-order valence-corrected chi connectivity index (χ2v) is 9.34. The highest BCUT2D eigenvalue weighted by atomic mass is 32.2. The Morgan fingerprint density at radius 3 is 2.94 bits per heavy atom. The lowest BCUT2D eigenvalue weighted by molar-refractivity contribution is 0.0950. The van der Waals surface area contributed by atoms with Crippen LogP contribution in [-0.4, -0.2) is 46.5 Å². The largest absolute Gasteiger partial charge is 0.346 e. The molecule has 160 valence electrons. The van der Waals surface area contributed by atoms with Gasteiger partial charge in [-0.2, -0.15) is 10.1 Å². The van der Waals surface area contributed by atoms with E-state index in [-0.39, 0.29) is 22.0 Å². The molecular formula is C22H18N6O3S. The molecule has 5 rings (SSSR count). The van der Waals surface area contributed by atoms with E-state index < -0.39 is 15.7 Å². The first-order valence-electron chi connectivity index (χ1n) is 9.77. The van der Waals surface area contributed by atoms with Crippen molar-refractivity contribution in [3.05, 3.63) is 65.7 Å². The Bertz CT molecular complexity index is 1570. The molecule has 0 spiro atoms. The van der Waals surface area contributed by atoms with Crippen molar-refractivity contribution in [2.24, 2.45) is 12.0 Å². The normalized spacial score (nSPS) is 12.8. The molecule has 0 saturated carbocycles. The van der Waals surface area contributed by atoms with Gasteiger partial charge in [0.2, 0.25) is 9.84 Å². The van der Waals surface area contributed by atoms with Gasteiger partial charge in [-0.15, -0.1) is 0 Å². The molecule has 32 heavy (non-hydrogen) atoms. The van der Waals surface area contributed by atoms with Crippen LogP contribution in [0.15, 0.2) is 63.6 Å². The van der Waals surface area contributed by atoms with E-state index in [1.807, 2.05) is 6.07 Å². The summed E-state index contributed by atoms with van der Waals surface area (Å²) < 4.78 is 28.2. The Hall–Kier alpha value is -4.01. The molecule has 1 amide bonds. The maximum absolute atomic E-state index is 13.3. The van der Waals surface area contributed by atoms with Gasteiger partial charge in [-0.25, -0.2) is 13.4 Å². The second-order valence-electron chi connectivity index (χ2n) is 7.42. The van der Waals surface area contributed by atoms with Crippen molar-refractivity contribution in [3.8, 4) is 0 Å². The van der Waals surface area contributed by atoms with E-state index in [2.05, 4.69) is 31.4 Å². The van der Waals surface area contributed by atoms with Gasteiger partial charge in [0.25, 0.3) is 5.91 Å². The minimum absolute atomic E-state index is 0.0872. The number of rotatable bonds is 5. The summed E-state index contributed by atoms with van der Waals surface area (Å²) in [7, 11) is -2.16. The average Bonchev–Trinajstić information content (AvgIpc) is 3.50. The van der Waals surface area contributed by atoms with Crippen LogP contribution < -0.4 is 5.32 Å². The number of nitrogens with one attached hydrogen (secondary N) is 2. The second kappa shape index (κ2) is 7.30. The lowest BCUT2D eigenvalue weighted by Crippen LogP contribution is -2.27. The number of H-pyrrole nitrogens is 1. The van der Waals surface area contributed by atoms with Crippen LogP contribution in [0, 0.1) is 6.92 Å². The first-order valence-corrected chi connectivity index (χ1v) is 11.3. The van der Waals surface area contributed by atoms with Gasteiger partial charge in [0.05, 0.1) is 28.0 Å². The third kappa shape index (κ3) is 3.13. The van der Waals surface area contributed by atoms with Gasteiger partial charge in [0.1, 0.15) is 5.69 Å². The Labute approximate surface area is 183 Å². The minimum Gasteiger partial charge on any atom is -0.346 e. The van der Waals surface area contributed by atoms with E-state index >= 15 is 0 Å². The molecule has 4 heterocycles. The number of aliphatic imine (C=N–C) groups is 1. The van der Waals surface area contributed by atoms with Crippen LogP contribution in [0.1, 0.15) is 21.7 Å². The zero-order valence-electron chi connectivity index (χ0n) is 17.2. The standard InChI is InChI=1S/C22H18N6O3S/c1-13-20(32(30,31)16-5-6-18-14(8-16)12-26-27-18)9-19(28(13)2)22(29)25-11-15-10-24-21-17(15)4-3-7-23-21/h3-9,12H,11H2,1-2H3,(H,25,29)(H,26,27). The summed E-state index contributed by atoms with van der Waals surface area (Å²) in [5, 5.41) is 10.2. The van der Waals surface area contributed by atoms with Crippen LogP contribution in [-0.2, 0) is 16.9 Å². The smallest absolute Gasteiger partial charge is 0.268 e. The number of benzene rings is 1. The number of sulfone groups is 1. The predicted octanol–water partition coefficient (Wildman–Crippen LogP) is 2.57. The zero-order valence-corrected chi connectivity index (χ0v) is 18.1. The van der Waals surface area contributed by atoms with Crippen molar-refractivity contribution in [2.45, 2.75) is 16.7 Å². The molecule has 3 aromatic heterocycles. The third-order valence-electron chi connectivity index (χ3n) is 5.57. The molecule has 10 heteroatoms. The van der Waals surface area contributed by atoms with E-state index in [1.165, 1.54) is 12.1 Å². The van der Waals surface area contributed by atoms with Gasteiger partial charge in [0.15, 0.2) is 5.82 Å². The number of hydrogen-bond donors (Lipinski definition) is 2. The fourth-order valence-corrected chi connectivity index (χ4v) is 5.25. The van der Waals surface area contributed by atoms with E-state index in [9.17, 15) is 13.2 Å². The highest BCUT2D eigenvalue weighted by Gasteiger charge is 2.26. The Morgan fingerprint density at radius 1 is 1.25 bits per heavy atom. The summed E-state index contributed by atoms with van der Waals surface area (Å²) in [6.45, 7) is 1.87. The molecule has 1 aromatic carbocycles. The first kappa shape index (κ1) is 19.9. The van der Waals surface area contributed by atoms with Gasteiger partial charge >= 0.3 is 0 Å². The molecule has 9 nitrogen and oxygen atoms in total. The summed E-state index contributed by atoms with van der Waals surface area (Å²) in [4.78, 5) is 21.4. The molecule has 1 aliphatic rings. The lowest BCUT2D eigenvalue weighted by Gasteiger charge is -2.08. The van der Waals surface area contributed by atoms with Crippen LogP contribution in [0.5, 0.6) is 0 Å². The molecule has 0 bridgehead atoms. The molecular weight excluding hydrogens is 428 g/mol. The lowest BCUT2D eigenvalue weighted by atomic mass is 10.1. The fraction of sp³-hybridized carbons (Fsp3) is 0.136. The summed E-state index contributed by atoms with van der Waals surface area (Å²) in [6.07, 6.45) is 3.21. The number of aromatic amines is 1. The van der Waals surface area contributed by atoms with E-state index in [0.29, 0.717) is 22.5 Å². The van der Waals surface area contributed by atoms with Crippen LogP contribution in [0.25, 0.3) is 16.5 Å². The predicted molar refractivity (Wildman–Crippen MR) is 119 cm³/mol. The molecule has 0 unspecified atom stereocenters. The third-order valence-corrected chi connectivity index (χ3v) is 7.43. The van der Waals surface area contributed by atoms with Crippen LogP contribution in [0.3, 0.4) is 0 Å². The fourth-order valence-electron chi connectivity index (χ4n) is 3.67. The number of carbonyl (C=O) groups excluding carboxylic acids is 1. The summed E-state index contributed by atoms with van der Waals surface area (Å²) >= 11 is 0. The monoisotopic (exact) mass is 446 g/mol. The Balaban J connectivity index is 1.42. The maximum Gasteiger partial charge on any atom is 0.268 e. The van der Waals surface area contributed by atoms with Crippen molar-refractivity contribution >= 4 is 43.9 Å². The van der Waals surface area contributed by atoms with Crippen LogP contribution in [0.2, 0.25) is 0 Å². The quantitative estimate of drug-likeness (QED) is 0.488. The van der Waals surface area contributed by atoms with Gasteiger partial charge in [-0.1, -0.05) is 0 Å². The van der Waals surface area contributed by atoms with E-state index in [4.69, 9.17) is 0 Å². The van der Waals surface area contributed by atoms with Crippen molar-refractivity contribution in [1.82, 2.24) is 25.1 Å². The number of fused-ring (bicyclic) bond motifs is 2. The molecule has 0 aliphatic carbocycles. The van der Waals surface area contributed by atoms with Gasteiger partial charge < -0.3 is 9.88 Å². The Morgan fingerprint density at radius 2 is 2.09 bits per heavy atom. The van der Waals surface area contributed by atoms with Crippen molar-refractivity contribution in [3.63, 3.8) is 0 Å². The van der Waals surface area contributed by atoms with Crippen molar-refractivity contribution in [1.29, 1.82) is 0 Å². The van der Waals surface area contributed by atoms with Crippen molar-refractivity contribution in [2.75, 3.05) is 6.54 Å². The topological polar surface area (TPSA) is 122 Å². The van der Waals surface area contributed by atoms with Crippen LogP contribution >= 0.6 is 0 Å². The van der Waals surface area contributed by atoms with E-state index in [0.717, 1.165) is 11.1 Å². The highest BCUT2D eigenvalue weighted by Crippen LogP contribution is 2.29. The molecule has 1 aliphatic heterocycles. The highest BCUT2D eigenvalue weighted by molar-refractivity contribution is 7.91. The first-order chi connectivity index (χ1) is 15.4. The molecule has 0 fully saturated rings. The maximum atomic E-state index is 13.3. The molecule has 0 atom stereocenters. The van der Waals surface area contributed by atoms with E-state index in [1.54, 1.807) is 49.1 Å². The SMILES string of the molecule is Cc1c(S(=O)(=O)c2ccc3[nH]ncc3c2)cc(C(=O)NCC2=C=Nc3ncccc32)n1C. The number of amides is 1. The number of nitrogens with zero attached hydrogens (tertiary/aromatic N) is 4. The number of aromatic nitrogens is 4. The van der Waals surface area contributed by atoms with Crippen molar-refractivity contribution < 1.29 is 13.2 Å². The summed E-state index contributed by atoms with van der Waals surface area (Å²) in [5.74, 6) is 3.04. The number of hydrogen-bond acceptors (Lipinski definition) is 6. The number of pyridine rings is 1. The Kier molecular flexibility index (Phi) is 4.54.